The van der Waals surface area contributed by atoms with Crippen molar-refractivity contribution in [3.8, 4) is 0 Å². The molecule has 1 aliphatic heterocycles. The second-order valence-electron chi connectivity index (χ2n) is 5.99. The molecule has 1 saturated heterocycles. The smallest absolute Gasteiger partial charge is 0.252 e. The summed E-state index contributed by atoms with van der Waals surface area (Å²) in [6.07, 6.45) is 2.70. The molecule has 1 fully saturated rings. The van der Waals surface area contributed by atoms with Gasteiger partial charge in [-0.15, -0.1) is 0 Å². The first-order valence-electron chi connectivity index (χ1n) is 8.17. The molecule has 0 atom stereocenters. The molecule has 1 aromatic carbocycles. The number of benzene rings is 1. The van der Waals surface area contributed by atoms with E-state index in [4.69, 9.17) is 0 Å². The molecule has 0 aromatic heterocycles. The number of rotatable bonds is 7. The van der Waals surface area contributed by atoms with Gasteiger partial charge in [-0.3, -0.25) is 9.59 Å². The minimum Gasteiger partial charge on any atom is -0.351 e. The van der Waals surface area contributed by atoms with E-state index < -0.39 is 11.7 Å². The van der Waals surface area contributed by atoms with E-state index in [1.54, 1.807) is 11.9 Å². The van der Waals surface area contributed by atoms with Gasteiger partial charge >= 0.3 is 0 Å². The fraction of sp³-hybridized carbons (Fsp3) is 0.529. The molecule has 1 heterocycles. The van der Waals surface area contributed by atoms with Crippen LogP contribution >= 0.6 is 15.9 Å². The summed E-state index contributed by atoms with van der Waals surface area (Å²) >= 11 is 3.22. The van der Waals surface area contributed by atoms with Gasteiger partial charge < -0.3 is 15.1 Å². The predicted molar refractivity (Wildman–Crippen MR) is 94.4 cm³/mol. The van der Waals surface area contributed by atoms with Crippen molar-refractivity contribution in [2.45, 2.75) is 19.3 Å². The number of hydrogen-bond acceptors (Lipinski definition) is 3. The third-order valence-corrected chi connectivity index (χ3v) is 4.87. The Labute approximate surface area is 150 Å². The van der Waals surface area contributed by atoms with E-state index in [9.17, 15) is 14.0 Å². The number of likely N-dealkylation sites (tertiary alicyclic amines) is 1. The first kappa shape index (κ1) is 18.9. The topological polar surface area (TPSA) is 52.6 Å². The predicted octanol–water partition coefficient (Wildman–Crippen LogP) is 2.26. The average molecular weight is 400 g/mol. The van der Waals surface area contributed by atoms with Crippen molar-refractivity contribution in [3.05, 3.63) is 34.1 Å². The molecule has 1 aromatic rings. The number of likely N-dealkylation sites (N-methyl/N-ethyl adjacent to an activating group) is 1. The van der Waals surface area contributed by atoms with Crippen LogP contribution in [0.4, 0.5) is 4.39 Å². The number of amides is 2. The standard InChI is InChI=1S/C17H23BrFN3O2/c1-21(10-11-22-8-2-3-9-22)16(23)6-7-20-17(24)14-12-13(19)4-5-15(14)18/h4-5,12H,2-3,6-11H2,1H3,(H,20,24). The van der Waals surface area contributed by atoms with Crippen molar-refractivity contribution >= 4 is 27.7 Å². The van der Waals surface area contributed by atoms with E-state index in [0.29, 0.717) is 11.0 Å². The molecule has 2 rings (SSSR count). The number of carbonyl (C=O) groups excluding carboxylic acids is 2. The Morgan fingerprint density at radius 2 is 2.04 bits per heavy atom. The van der Waals surface area contributed by atoms with E-state index in [0.717, 1.165) is 19.6 Å². The number of carbonyl (C=O) groups is 2. The van der Waals surface area contributed by atoms with E-state index >= 15 is 0 Å². The molecule has 0 spiro atoms. The van der Waals surface area contributed by atoms with Gasteiger partial charge in [0.1, 0.15) is 5.82 Å². The largest absolute Gasteiger partial charge is 0.351 e. The first-order chi connectivity index (χ1) is 11.5. The maximum atomic E-state index is 13.2. The van der Waals surface area contributed by atoms with Crippen LogP contribution in [0.5, 0.6) is 0 Å². The molecule has 1 aliphatic rings. The Kier molecular flexibility index (Phi) is 7.17. The van der Waals surface area contributed by atoms with Crippen molar-refractivity contribution in [1.82, 2.24) is 15.1 Å². The summed E-state index contributed by atoms with van der Waals surface area (Å²) in [4.78, 5) is 28.2. The van der Waals surface area contributed by atoms with Gasteiger partial charge in [0.05, 0.1) is 5.56 Å². The fourth-order valence-corrected chi connectivity index (χ4v) is 3.09. The van der Waals surface area contributed by atoms with Crippen molar-refractivity contribution < 1.29 is 14.0 Å². The van der Waals surface area contributed by atoms with Gasteiger partial charge in [-0.25, -0.2) is 4.39 Å². The molecule has 0 bridgehead atoms. The third-order valence-electron chi connectivity index (χ3n) is 4.17. The highest BCUT2D eigenvalue weighted by molar-refractivity contribution is 9.10. The fourth-order valence-electron chi connectivity index (χ4n) is 2.66. The van der Waals surface area contributed by atoms with Crippen molar-refractivity contribution in [2.75, 3.05) is 39.8 Å². The average Bonchev–Trinajstić information content (AvgIpc) is 3.08. The molecular formula is C17H23BrFN3O2. The van der Waals surface area contributed by atoms with Gasteiger partial charge in [0.2, 0.25) is 5.91 Å². The molecule has 132 valence electrons. The minimum atomic E-state index is -0.471. The lowest BCUT2D eigenvalue weighted by Crippen LogP contribution is -2.37. The van der Waals surface area contributed by atoms with Crippen LogP contribution in [0.1, 0.15) is 29.6 Å². The molecular weight excluding hydrogens is 377 g/mol. The zero-order valence-corrected chi connectivity index (χ0v) is 15.4. The van der Waals surface area contributed by atoms with Gasteiger partial charge in [0.25, 0.3) is 5.91 Å². The summed E-state index contributed by atoms with van der Waals surface area (Å²) in [6.45, 7) is 4.04. The van der Waals surface area contributed by atoms with E-state index in [2.05, 4.69) is 26.1 Å². The van der Waals surface area contributed by atoms with Crippen LogP contribution < -0.4 is 5.32 Å². The molecule has 0 radical (unpaired) electrons. The molecule has 5 nitrogen and oxygen atoms in total. The van der Waals surface area contributed by atoms with Gasteiger partial charge in [-0.2, -0.15) is 0 Å². The quantitative estimate of drug-likeness (QED) is 0.764. The van der Waals surface area contributed by atoms with Crippen molar-refractivity contribution in [3.63, 3.8) is 0 Å². The Hall–Kier alpha value is -1.47. The molecule has 0 aliphatic carbocycles. The maximum absolute atomic E-state index is 13.2. The maximum Gasteiger partial charge on any atom is 0.252 e. The van der Waals surface area contributed by atoms with Crippen LogP contribution in [0.3, 0.4) is 0 Å². The Bertz CT molecular complexity index is 591. The zero-order valence-electron chi connectivity index (χ0n) is 13.9. The summed E-state index contributed by atoms with van der Waals surface area (Å²) in [5, 5.41) is 2.66. The Morgan fingerprint density at radius 1 is 1.33 bits per heavy atom. The second kappa shape index (κ2) is 9.13. The molecule has 24 heavy (non-hydrogen) atoms. The zero-order chi connectivity index (χ0) is 17.5. The highest BCUT2D eigenvalue weighted by Gasteiger charge is 2.15. The van der Waals surface area contributed by atoms with Gasteiger partial charge in [-0.1, -0.05) is 0 Å². The van der Waals surface area contributed by atoms with E-state index in [1.807, 2.05) is 0 Å². The Balaban J connectivity index is 1.71. The summed E-state index contributed by atoms with van der Waals surface area (Å²) in [6, 6.07) is 3.94. The summed E-state index contributed by atoms with van der Waals surface area (Å²) < 4.78 is 13.7. The van der Waals surface area contributed by atoms with Crippen molar-refractivity contribution in [2.24, 2.45) is 0 Å². The summed E-state index contributed by atoms with van der Waals surface area (Å²) in [5.41, 5.74) is 0.227. The molecule has 1 N–H and O–H groups in total. The van der Waals surface area contributed by atoms with Crippen LogP contribution in [-0.2, 0) is 4.79 Å². The number of nitrogens with zero attached hydrogens (tertiary/aromatic N) is 2. The molecule has 0 saturated carbocycles. The highest BCUT2D eigenvalue weighted by Crippen LogP contribution is 2.17. The first-order valence-corrected chi connectivity index (χ1v) is 8.96. The minimum absolute atomic E-state index is 0.00666. The summed E-state index contributed by atoms with van der Waals surface area (Å²) in [5.74, 6) is -0.872. The highest BCUT2D eigenvalue weighted by atomic mass is 79.9. The third kappa shape index (κ3) is 5.56. The van der Waals surface area contributed by atoms with Gasteiger partial charge in [0.15, 0.2) is 0 Å². The Morgan fingerprint density at radius 3 is 2.75 bits per heavy atom. The molecule has 2 amide bonds. The number of nitrogens with one attached hydrogen (secondary N) is 1. The SMILES string of the molecule is CN(CCN1CCCC1)C(=O)CCNC(=O)c1cc(F)ccc1Br. The second-order valence-corrected chi connectivity index (χ2v) is 6.85. The lowest BCUT2D eigenvalue weighted by molar-refractivity contribution is -0.129. The van der Waals surface area contributed by atoms with Crippen LogP contribution in [0.2, 0.25) is 0 Å². The van der Waals surface area contributed by atoms with Crippen LogP contribution in [-0.4, -0.2) is 61.4 Å². The van der Waals surface area contributed by atoms with Gasteiger partial charge in [-0.05, 0) is 60.1 Å². The lowest BCUT2D eigenvalue weighted by atomic mass is 10.2. The van der Waals surface area contributed by atoms with E-state index in [-0.39, 0.29) is 24.4 Å². The molecule has 7 heteroatoms. The van der Waals surface area contributed by atoms with Crippen molar-refractivity contribution in [1.29, 1.82) is 0 Å². The number of hydrogen-bond donors (Lipinski definition) is 1. The lowest BCUT2D eigenvalue weighted by Gasteiger charge is -2.21. The summed E-state index contributed by atoms with van der Waals surface area (Å²) in [7, 11) is 1.78. The molecule has 0 unspecified atom stereocenters. The van der Waals surface area contributed by atoms with Crippen LogP contribution in [0, 0.1) is 5.82 Å². The van der Waals surface area contributed by atoms with Crippen LogP contribution in [0.25, 0.3) is 0 Å². The van der Waals surface area contributed by atoms with Crippen LogP contribution in [0.15, 0.2) is 22.7 Å². The van der Waals surface area contributed by atoms with E-state index in [1.165, 1.54) is 31.0 Å². The normalized spacial score (nSPS) is 14.6. The monoisotopic (exact) mass is 399 g/mol. The van der Waals surface area contributed by atoms with Gasteiger partial charge in [0, 0.05) is 37.6 Å². The number of halogens is 2.